The minimum absolute atomic E-state index is 0.383. The van der Waals surface area contributed by atoms with Gasteiger partial charge in [-0.15, -0.1) is 0 Å². The van der Waals surface area contributed by atoms with Crippen LogP contribution in [0.25, 0.3) is 0 Å². The van der Waals surface area contributed by atoms with Gasteiger partial charge in [0.15, 0.2) is 0 Å². The van der Waals surface area contributed by atoms with Crippen LogP contribution in [-0.4, -0.2) is 35.0 Å². The zero-order chi connectivity index (χ0) is 22.3. The molecule has 0 atom stereocenters. The zero-order valence-electron chi connectivity index (χ0n) is 12.5. The molecule has 1 rings (SSSR count). The molecule has 0 unspecified atom stereocenters. The lowest BCUT2D eigenvalue weighted by Crippen LogP contribution is -2.61. The molecular formula is C13H4BrF11O3. The molecule has 0 aliphatic carbocycles. The molecule has 0 bridgehead atoms. The van der Waals surface area contributed by atoms with Gasteiger partial charge in [0, 0.05) is 4.47 Å². The maximum Gasteiger partial charge on any atom is 0.460 e. The van der Waals surface area contributed by atoms with Crippen LogP contribution in [0.4, 0.5) is 48.3 Å². The van der Waals surface area contributed by atoms with Gasteiger partial charge in [-0.25, -0.2) is 4.79 Å². The largest absolute Gasteiger partial charge is 0.478 e. The van der Waals surface area contributed by atoms with Gasteiger partial charge in [0.05, 0.1) is 5.56 Å². The number of alkyl halides is 9. The highest BCUT2D eigenvalue weighted by molar-refractivity contribution is 9.10. The van der Waals surface area contributed by atoms with Gasteiger partial charge in [0.1, 0.15) is 5.75 Å². The Morgan fingerprint density at radius 2 is 1.43 bits per heavy atom. The van der Waals surface area contributed by atoms with Crippen molar-refractivity contribution < 1.29 is 62.9 Å². The standard InChI is InChI=1S/C13H4BrF11O3/c14-6-3-4(1-2-5(6)9(26)27)28-8(16)7(15)10(17,18)11(19,20)12(21,22)13(23,24)25/h1-3H,(H,26,27). The quantitative estimate of drug-likeness (QED) is 0.382. The molecule has 1 aromatic rings. The highest BCUT2D eigenvalue weighted by Crippen LogP contribution is 2.55. The molecule has 158 valence electrons. The van der Waals surface area contributed by atoms with Crippen LogP contribution < -0.4 is 4.74 Å². The van der Waals surface area contributed by atoms with Gasteiger partial charge in [-0.3, -0.25) is 0 Å². The Morgan fingerprint density at radius 3 is 1.82 bits per heavy atom. The van der Waals surface area contributed by atoms with E-state index in [2.05, 4.69) is 20.7 Å². The maximum absolute atomic E-state index is 13.4. The minimum Gasteiger partial charge on any atom is -0.478 e. The van der Waals surface area contributed by atoms with Gasteiger partial charge in [0.25, 0.3) is 0 Å². The second-order valence-electron chi connectivity index (χ2n) is 4.86. The summed E-state index contributed by atoms with van der Waals surface area (Å²) in [7, 11) is 0. The summed E-state index contributed by atoms with van der Waals surface area (Å²) in [5.74, 6) is -28.4. The number of carbonyl (C=O) groups is 1. The number of halogens is 12. The Bertz CT molecular complexity index is 801. The number of allylic oxidation sites excluding steroid dienone is 1. The predicted octanol–water partition coefficient (Wildman–Crippen LogP) is 6.10. The van der Waals surface area contributed by atoms with Crippen LogP contribution in [0.2, 0.25) is 0 Å². The third kappa shape index (κ3) is 4.03. The van der Waals surface area contributed by atoms with Crippen LogP contribution in [0, 0.1) is 0 Å². The number of hydrogen-bond donors (Lipinski definition) is 1. The van der Waals surface area contributed by atoms with E-state index in [4.69, 9.17) is 5.11 Å². The van der Waals surface area contributed by atoms with E-state index in [0.29, 0.717) is 18.2 Å². The lowest BCUT2D eigenvalue weighted by Gasteiger charge is -2.32. The van der Waals surface area contributed by atoms with E-state index in [9.17, 15) is 53.1 Å². The monoisotopic (exact) mass is 496 g/mol. The SMILES string of the molecule is O=C(O)c1ccc(OC(F)=C(F)C(F)(F)C(F)(F)C(F)(F)C(F)(F)F)cc1Br. The summed E-state index contributed by atoms with van der Waals surface area (Å²) in [6.07, 6.45) is -7.21. The molecule has 0 amide bonds. The van der Waals surface area contributed by atoms with Gasteiger partial charge in [0.2, 0.25) is 5.83 Å². The Morgan fingerprint density at radius 1 is 0.929 bits per heavy atom. The molecule has 0 aliphatic rings. The van der Waals surface area contributed by atoms with Gasteiger partial charge in [-0.1, -0.05) is 0 Å². The lowest BCUT2D eigenvalue weighted by atomic mass is 10.0. The molecule has 0 spiro atoms. The molecule has 3 nitrogen and oxygen atoms in total. The Balaban J connectivity index is 3.32. The fourth-order valence-electron chi connectivity index (χ4n) is 1.52. The number of carboxylic acids is 1. The number of benzene rings is 1. The van der Waals surface area contributed by atoms with Crippen LogP contribution in [0.5, 0.6) is 5.75 Å². The lowest BCUT2D eigenvalue weighted by molar-refractivity contribution is -0.392. The highest BCUT2D eigenvalue weighted by atomic mass is 79.9. The fraction of sp³-hybridized carbons (Fsp3) is 0.308. The highest BCUT2D eigenvalue weighted by Gasteiger charge is 2.83. The molecule has 1 aromatic carbocycles. The van der Waals surface area contributed by atoms with Gasteiger partial charge in [-0.2, -0.15) is 48.3 Å². The molecule has 0 saturated heterocycles. The smallest absolute Gasteiger partial charge is 0.460 e. The van der Waals surface area contributed by atoms with Crippen LogP contribution in [0.3, 0.4) is 0 Å². The number of aromatic carboxylic acids is 1. The fourth-order valence-corrected chi connectivity index (χ4v) is 2.04. The first-order chi connectivity index (χ1) is 12.4. The van der Waals surface area contributed by atoms with Crippen molar-refractivity contribution in [2.45, 2.75) is 23.9 Å². The van der Waals surface area contributed by atoms with Crippen molar-refractivity contribution in [2.24, 2.45) is 0 Å². The molecule has 0 aromatic heterocycles. The summed E-state index contributed by atoms with van der Waals surface area (Å²) < 4.78 is 144. The molecule has 0 saturated carbocycles. The van der Waals surface area contributed by atoms with Gasteiger partial charge < -0.3 is 9.84 Å². The second kappa shape index (κ2) is 7.40. The molecule has 15 heteroatoms. The summed E-state index contributed by atoms with van der Waals surface area (Å²) in [5.41, 5.74) is -0.487. The van der Waals surface area contributed by atoms with E-state index >= 15 is 0 Å². The van der Waals surface area contributed by atoms with E-state index in [1.54, 1.807) is 0 Å². The average Bonchev–Trinajstić information content (AvgIpc) is 2.52. The summed E-state index contributed by atoms with van der Waals surface area (Å²) in [4.78, 5) is 10.7. The summed E-state index contributed by atoms with van der Waals surface area (Å²) >= 11 is 2.61. The predicted molar refractivity (Wildman–Crippen MR) is 71.9 cm³/mol. The normalized spacial score (nSPS) is 14.6. The topological polar surface area (TPSA) is 46.5 Å². The Hall–Kier alpha value is -2.06. The third-order valence-electron chi connectivity index (χ3n) is 2.97. The first-order valence-electron chi connectivity index (χ1n) is 6.34. The summed E-state index contributed by atoms with van der Waals surface area (Å²) in [6, 6.07) is -1.52. The van der Waals surface area contributed by atoms with Crippen LogP contribution >= 0.6 is 15.9 Å². The molecule has 0 radical (unpaired) electrons. The van der Waals surface area contributed by atoms with Crippen molar-refractivity contribution in [1.82, 2.24) is 0 Å². The van der Waals surface area contributed by atoms with Crippen molar-refractivity contribution in [1.29, 1.82) is 0 Å². The van der Waals surface area contributed by atoms with Gasteiger partial charge >= 0.3 is 35.9 Å². The molecule has 0 heterocycles. The number of rotatable bonds is 6. The molecule has 28 heavy (non-hydrogen) atoms. The molecular weight excluding hydrogens is 493 g/mol. The van der Waals surface area contributed by atoms with Crippen LogP contribution in [-0.2, 0) is 0 Å². The van der Waals surface area contributed by atoms with E-state index in [-0.39, 0.29) is 4.47 Å². The maximum atomic E-state index is 13.4. The average molecular weight is 497 g/mol. The zero-order valence-corrected chi connectivity index (χ0v) is 14.1. The van der Waals surface area contributed by atoms with Crippen molar-refractivity contribution in [3.05, 3.63) is 40.1 Å². The van der Waals surface area contributed by atoms with E-state index in [1.807, 2.05) is 0 Å². The number of ether oxygens (including phenoxy) is 1. The Labute approximate surface area is 155 Å². The number of carboxylic acid groups (broad SMARTS) is 1. The van der Waals surface area contributed by atoms with E-state index in [0.717, 1.165) is 0 Å². The van der Waals surface area contributed by atoms with E-state index in [1.165, 1.54) is 0 Å². The first-order valence-corrected chi connectivity index (χ1v) is 7.13. The van der Waals surface area contributed by atoms with Crippen LogP contribution in [0.15, 0.2) is 34.5 Å². The molecule has 0 fully saturated rings. The second-order valence-corrected chi connectivity index (χ2v) is 5.71. The van der Waals surface area contributed by atoms with Crippen molar-refractivity contribution in [2.75, 3.05) is 0 Å². The van der Waals surface area contributed by atoms with E-state index < -0.39 is 53.1 Å². The van der Waals surface area contributed by atoms with Crippen LogP contribution in [0.1, 0.15) is 10.4 Å². The minimum atomic E-state index is -7.42. The molecule has 0 aliphatic heterocycles. The Kier molecular flexibility index (Phi) is 6.34. The summed E-state index contributed by atoms with van der Waals surface area (Å²) in [5, 5.41) is 8.71. The molecule has 1 N–H and O–H groups in total. The summed E-state index contributed by atoms with van der Waals surface area (Å²) in [6.45, 7) is 0. The third-order valence-corrected chi connectivity index (χ3v) is 3.63. The van der Waals surface area contributed by atoms with Gasteiger partial charge in [-0.05, 0) is 34.1 Å². The number of hydrogen-bond acceptors (Lipinski definition) is 2. The van der Waals surface area contributed by atoms with Crippen molar-refractivity contribution >= 4 is 21.9 Å². The van der Waals surface area contributed by atoms with Crippen molar-refractivity contribution in [3.8, 4) is 5.75 Å². The van der Waals surface area contributed by atoms with Crippen molar-refractivity contribution in [3.63, 3.8) is 0 Å². The first kappa shape index (κ1) is 24.0.